The molecule has 0 aliphatic heterocycles. The molecule has 0 aliphatic carbocycles. The molecule has 86 valence electrons. The smallest absolute Gasteiger partial charge is 0.327 e. The average molecular weight is 218 g/mol. The number of hydrogen-bond acceptors (Lipinski definition) is 4. The SMILES string of the molecule is C[C@H](N)C(=O)[NH2+]CC(=O)N[C@@H](C)C(=O)O. The molecule has 0 rings (SSSR count). The Morgan fingerprint density at radius 1 is 1.40 bits per heavy atom. The molecule has 0 aromatic carbocycles. The molecule has 0 spiro atoms. The number of rotatable bonds is 5. The summed E-state index contributed by atoms with van der Waals surface area (Å²) in [5.41, 5.74) is 5.27. The van der Waals surface area contributed by atoms with E-state index in [2.05, 4.69) is 5.32 Å². The van der Waals surface area contributed by atoms with Gasteiger partial charge in [0.25, 0.3) is 5.91 Å². The van der Waals surface area contributed by atoms with Crippen LogP contribution in [0.1, 0.15) is 13.8 Å². The Balaban J connectivity index is 3.86. The molecule has 15 heavy (non-hydrogen) atoms. The highest BCUT2D eigenvalue weighted by molar-refractivity contribution is 5.84. The molecule has 7 nitrogen and oxygen atoms in total. The topological polar surface area (TPSA) is 126 Å². The van der Waals surface area contributed by atoms with Crippen LogP contribution in [-0.4, -0.2) is 41.5 Å². The van der Waals surface area contributed by atoms with E-state index in [4.69, 9.17) is 10.8 Å². The van der Waals surface area contributed by atoms with E-state index < -0.39 is 24.0 Å². The van der Waals surface area contributed by atoms with Crippen molar-refractivity contribution in [3.8, 4) is 0 Å². The van der Waals surface area contributed by atoms with E-state index in [1.807, 2.05) is 0 Å². The molecule has 7 heteroatoms. The normalized spacial score (nSPS) is 14.1. The van der Waals surface area contributed by atoms with Crippen LogP contribution in [0.25, 0.3) is 0 Å². The summed E-state index contributed by atoms with van der Waals surface area (Å²) in [6.45, 7) is 2.70. The zero-order valence-electron chi connectivity index (χ0n) is 8.69. The minimum Gasteiger partial charge on any atom is -0.480 e. The number of primary amides is 1. The highest BCUT2D eigenvalue weighted by Crippen LogP contribution is 1.79. The van der Waals surface area contributed by atoms with Crippen molar-refractivity contribution in [2.24, 2.45) is 5.73 Å². The largest absolute Gasteiger partial charge is 0.480 e. The van der Waals surface area contributed by atoms with Crippen molar-refractivity contribution in [2.45, 2.75) is 25.9 Å². The molecule has 0 aliphatic rings. The van der Waals surface area contributed by atoms with Crippen molar-refractivity contribution < 1.29 is 24.8 Å². The standard InChI is InChI=1S/C8H15N3O4/c1-4(9)7(13)10-3-6(12)11-5(2)8(14)15/h4-5H,3,9H2,1-2H3,(H,10,13)(H,11,12)(H,14,15)/p+1/t4-,5-/m0/s1. The first-order chi connectivity index (χ1) is 6.84. The third-order valence-corrected chi connectivity index (χ3v) is 1.69. The van der Waals surface area contributed by atoms with E-state index in [0.717, 1.165) is 5.32 Å². The van der Waals surface area contributed by atoms with E-state index >= 15 is 0 Å². The van der Waals surface area contributed by atoms with Gasteiger partial charge in [-0.3, -0.25) is 14.9 Å². The Bertz CT molecular complexity index is 265. The molecular formula is C8H16N3O4+. The molecule has 0 aromatic heterocycles. The number of carbonyl (C=O) groups is 3. The Hall–Kier alpha value is -1.47. The first-order valence-electron chi connectivity index (χ1n) is 4.49. The number of quaternary nitrogens is 1. The third kappa shape index (κ3) is 5.76. The van der Waals surface area contributed by atoms with Gasteiger partial charge in [-0.25, -0.2) is 4.79 Å². The maximum absolute atomic E-state index is 11.1. The quantitative estimate of drug-likeness (QED) is 0.391. The van der Waals surface area contributed by atoms with Crippen molar-refractivity contribution in [1.82, 2.24) is 5.32 Å². The second kappa shape index (κ2) is 6.10. The minimum atomic E-state index is -1.12. The van der Waals surface area contributed by atoms with Gasteiger partial charge in [0.05, 0.1) is 0 Å². The maximum Gasteiger partial charge on any atom is 0.327 e. The van der Waals surface area contributed by atoms with Crippen molar-refractivity contribution in [1.29, 1.82) is 0 Å². The van der Waals surface area contributed by atoms with Gasteiger partial charge < -0.3 is 16.2 Å². The summed E-state index contributed by atoms with van der Waals surface area (Å²) in [5.74, 6) is -1.98. The van der Waals surface area contributed by atoms with Crippen LogP contribution in [0, 0.1) is 0 Å². The number of carboxylic acids is 1. The number of carboxylic acid groups (broad SMARTS) is 1. The summed E-state index contributed by atoms with van der Waals surface area (Å²) in [5, 5.41) is 11.8. The number of nitrogens with two attached hydrogens (primary N) is 2. The number of nitrogens with one attached hydrogen (secondary N) is 1. The summed E-state index contributed by atoms with van der Waals surface area (Å²) in [4.78, 5) is 32.4. The highest BCUT2D eigenvalue weighted by atomic mass is 16.4. The lowest BCUT2D eigenvalue weighted by molar-refractivity contribution is -0.558. The highest BCUT2D eigenvalue weighted by Gasteiger charge is 2.17. The van der Waals surface area contributed by atoms with Gasteiger partial charge in [-0.1, -0.05) is 0 Å². The van der Waals surface area contributed by atoms with Crippen molar-refractivity contribution in [3.05, 3.63) is 0 Å². The maximum atomic E-state index is 11.1. The average Bonchev–Trinajstić information content (AvgIpc) is 2.13. The third-order valence-electron chi connectivity index (χ3n) is 1.69. The van der Waals surface area contributed by atoms with Gasteiger partial charge in [-0.15, -0.1) is 0 Å². The molecule has 0 fully saturated rings. The molecule has 2 amide bonds. The Kier molecular flexibility index (Phi) is 5.50. The van der Waals surface area contributed by atoms with Crippen LogP contribution in [-0.2, 0) is 14.4 Å². The van der Waals surface area contributed by atoms with Gasteiger partial charge >= 0.3 is 11.9 Å². The first kappa shape index (κ1) is 13.5. The zero-order chi connectivity index (χ0) is 12.0. The molecule has 0 heterocycles. The number of hydrogen-bond donors (Lipinski definition) is 4. The summed E-state index contributed by atoms with van der Waals surface area (Å²) in [6, 6.07) is -1.61. The lowest BCUT2D eigenvalue weighted by Gasteiger charge is -2.08. The summed E-state index contributed by atoms with van der Waals surface area (Å²) < 4.78 is 0. The number of amides is 2. The van der Waals surface area contributed by atoms with Crippen LogP contribution in [0.3, 0.4) is 0 Å². The van der Waals surface area contributed by atoms with E-state index in [9.17, 15) is 14.4 Å². The Labute approximate surface area is 87.0 Å². The fourth-order valence-electron chi connectivity index (χ4n) is 0.741. The molecule has 0 radical (unpaired) electrons. The van der Waals surface area contributed by atoms with E-state index in [1.165, 1.54) is 13.8 Å². The van der Waals surface area contributed by atoms with Crippen LogP contribution in [0.5, 0.6) is 0 Å². The van der Waals surface area contributed by atoms with Crippen LogP contribution in [0.4, 0.5) is 0 Å². The minimum absolute atomic E-state index is 0.155. The van der Waals surface area contributed by atoms with Gasteiger partial charge in [0.1, 0.15) is 12.1 Å². The van der Waals surface area contributed by atoms with Crippen LogP contribution in [0.15, 0.2) is 0 Å². The number of aliphatic carboxylic acids is 1. The molecule has 6 N–H and O–H groups in total. The van der Waals surface area contributed by atoms with Gasteiger partial charge in [0, 0.05) is 0 Å². The summed E-state index contributed by atoms with van der Waals surface area (Å²) in [7, 11) is 0. The Morgan fingerprint density at radius 2 is 1.93 bits per heavy atom. The molecule has 0 saturated heterocycles. The van der Waals surface area contributed by atoms with Gasteiger partial charge in [-0.05, 0) is 13.8 Å². The van der Waals surface area contributed by atoms with Gasteiger partial charge in [-0.2, -0.15) is 0 Å². The van der Waals surface area contributed by atoms with E-state index in [0.29, 0.717) is 0 Å². The summed E-state index contributed by atoms with van der Waals surface area (Å²) in [6.07, 6.45) is 0. The summed E-state index contributed by atoms with van der Waals surface area (Å²) >= 11 is 0. The molecule has 0 unspecified atom stereocenters. The van der Waals surface area contributed by atoms with Crippen LogP contribution >= 0.6 is 0 Å². The number of carbonyl (C=O) groups excluding carboxylic acids is 2. The molecular weight excluding hydrogens is 202 g/mol. The predicted octanol–water partition coefficient (Wildman–Crippen LogP) is -2.99. The monoisotopic (exact) mass is 218 g/mol. The fourth-order valence-corrected chi connectivity index (χ4v) is 0.741. The van der Waals surface area contributed by atoms with Crippen LogP contribution < -0.4 is 16.4 Å². The van der Waals surface area contributed by atoms with Crippen molar-refractivity contribution in [2.75, 3.05) is 6.54 Å². The Morgan fingerprint density at radius 3 is 2.33 bits per heavy atom. The molecule has 0 saturated carbocycles. The molecule has 0 aromatic rings. The second-order valence-electron chi connectivity index (χ2n) is 3.23. The molecule has 2 atom stereocenters. The second-order valence-corrected chi connectivity index (χ2v) is 3.23. The van der Waals surface area contributed by atoms with Gasteiger partial charge in [0.2, 0.25) is 0 Å². The predicted molar refractivity (Wildman–Crippen MR) is 50.7 cm³/mol. The van der Waals surface area contributed by atoms with Crippen LogP contribution in [0.2, 0.25) is 0 Å². The molecule has 0 bridgehead atoms. The lowest BCUT2D eigenvalue weighted by atomic mass is 10.3. The fraction of sp³-hybridized carbons (Fsp3) is 0.625. The van der Waals surface area contributed by atoms with Crippen molar-refractivity contribution in [3.63, 3.8) is 0 Å². The first-order valence-corrected chi connectivity index (χ1v) is 4.49. The lowest BCUT2D eigenvalue weighted by Crippen LogP contribution is -2.92. The zero-order valence-corrected chi connectivity index (χ0v) is 8.69. The van der Waals surface area contributed by atoms with E-state index in [1.54, 1.807) is 0 Å². The van der Waals surface area contributed by atoms with Gasteiger partial charge in [0.15, 0.2) is 6.54 Å². The van der Waals surface area contributed by atoms with E-state index in [-0.39, 0.29) is 12.5 Å². The van der Waals surface area contributed by atoms with Crippen molar-refractivity contribution >= 4 is 17.8 Å².